The van der Waals surface area contributed by atoms with E-state index >= 15 is 0 Å². The van der Waals surface area contributed by atoms with E-state index in [9.17, 15) is 4.79 Å². The van der Waals surface area contributed by atoms with Crippen LogP contribution in [-0.4, -0.2) is 49.4 Å². The molecule has 0 aromatic rings. The van der Waals surface area contributed by atoms with Gasteiger partial charge in [0.05, 0.1) is 0 Å². The van der Waals surface area contributed by atoms with E-state index in [1.807, 2.05) is 23.9 Å². The summed E-state index contributed by atoms with van der Waals surface area (Å²) in [5.41, 5.74) is 0. The molecule has 0 aliphatic carbocycles. The van der Waals surface area contributed by atoms with E-state index in [1.165, 1.54) is 0 Å². The molecule has 1 heterocycles. The van der Waals surface area contributed by atoms with Gasteiger partial charge in [0.2, 0.25) is 5.91 Å². The largest absolute Gasteiger partial charge is 0.342 e. The smallest absolute Gasteiger partial charge is 0.223 e. The average molecular weight is 155 g/mol. The minimum atomic E-state index is 0.279. The second-order valence-corrected chi connectivity index (χ2v) is 3.14. The lowest BCUT2D eigenvalue weighted by molar-refractivity contribution is -0.132. The lowest BCUT2D eigenvalue weighted by Crippen LogP contribution is -2.43. The van der Waals surface area contributed by atoms with Crippen LogP contribution in [-0.2, 0) is 4.79 Å². The Bertz CT molecular complexity index is 141. The Kier molecular flexibility index (Phi) is 2.88. The quantitative estimate of drug-likeness (QED) is 0.572. The van der Waals surface area contributed by atoms with Crippen molar-refractivity contribution in [2.75, 3.05) is 33.7 Å². The van der Waals surface area contributed by atoms with Crippen LogP contribution in [0.15, 0.2) is 0 Å². The Balaban J connectivity index is 2.10. The zero-order chi connectivity index (χ0) is 8.27. The molecule has 0 bridgehead atoms. The van der Waals surface area contributed by atoms with Gasteiger partial charge in [-0.25, -0.2) is 0 Å². The monoisotopic (exact) mass is 155 g/mol. The zero-order valence-corrected chi connectivity index (χ0v) is 7.21. The maximum atomic E-state index is 11.2. The third-order valence-corrected chi connectivity index (χ3v) is 1.82. The van der Waals surface area contributed by atoms with Gasteiger partial charge in [0.1, 0.15) is 0 Å². The summed E-state index contributed by atoms with van der Waals surface area (Å²) in [7, 11) is 3.96. The van der Waals surface area contributed by atoms with Gasteiger partial charge in [-0.3, -0.25) is 4.79 Å². The van der Waals surface area contributed by atoms with Crippen LogP contribution in [0, 0.1) is 6.42 Å². The predicted molar refractivity (Wildman–Crippen MR) is 44.1 cm³/mol. The number of hydrogen-bond acceptors (Lipinski definition) is 2. The first-order valence-electron chi connectivity index (χ1n) is 3.94. The van der Waals surface area contributed by atoms with Crippen LogP contribution in [0.3, 0.4) is 0 Å². The highest BCUT2D eigenvalue weighted by Gasteiger charge is 2.19. The van der Waals surface area contributed by atoms with Gasteiger partial charge in [0.15, 0.2) is 0 Å². The van der Waals surface area contributed by atoms with Gasteiger partial charge in [-0.05, 0) is 14.1 Å². The maximum Gasteiger partial charge on any atom is 0.223 e. The molecule has 1 amide bonds. The number of likely N-dealkylation sites (tertiary alicyclic amines) is 1. The first kappa shape index (κ1) is 8.53. The summed E-state index contributed by atoms with van der Waals surface area (Å²) in [5.74, 6) is 0.279. The summed E-state index contributed by atoms with van der Waals surface area (Å²) in [5, 5.41) is 0. The van der Waals surface area contributed by atoms with Crippen molar-refractivity contribution in [3.05, 3.63) is 6.42 Å². The molecule has 0 unspecified atom stereocenters. The van der Waals surface area contributed by atoms with Gasteiger partial charge >= 0.3 is 0 Å². The lowest BCUT2D eigenvalue weighted by atomic mass is 10.2. The summed E-state index contributed by atoms with van der Waals surface area (Å²) >= 11 is 0. The summed E-state index contributed by atoms with van der Waals surface area (Å²) in [6.07, 6.45) is 2.76. The molecular formula is C8H15N2O. The predicted octanol–water partition coefficient (Wildman–Crippen LogP) is -0.0154. The fraction of sp³-hybridized carbons (Fsp3) is 0.750. The molecule has 1 radical (unpaired) electrons. The van der Waals surface area contributed by atoms with Gasteiger partial charge in [-0.15, -0.1) is 0 Å². The Morgan fingerprint density at radius 2 is 2.18 bits per heavy atom. The molecule has 1 fully saturated rings. The van der Waals surface area contributed by atoms with Crippen LogP contribution in [0.4, 0.5) is 0 Å². The Morgan fingerprint density at radius 3 is 2.55 bits per heavy atom. The Morgan fingerprint density at radius 1 is 1.55 bits per heavy atom. The van der Waals surface area contributed by atoms with Gasteiger partial charge < -0.3 is 9.80 Å². The minimum absolute atomic E-state index is 0.279. The fourth-order valence-corrected chi connectivity index (χ4v) is 0.939. The molecule has 1 aliphatic rings. The highest BCUT2D eigenvalue weighted by Crippen LogP contribution is 2.06. The molecular weight excluding hydrogens is 140 g/mol. The molecule has 1 rings (SSSR count). The van der Waals surface area contributed by atoms with Crippen molar-refractivity contribution in [2.45, 2.75) is 6.42 Å². The van der Waals surface area contributed by atoms with E-state index in [2.05, 4.69) is 6.42 Å². The fourth-order valence-electron chi connectivity index (χ4n) is 0.939. The van der Waals surface area contributed by atoms with Crippen LogP contribution in [0.5, 0.6) is 0 Å². The number of nitrogens with zero attached hydrogens (tertiary/aromatic N) is 2. The molecule has 0 atom stereocenters. The zero-order valence-electron chi connectivity index (χ0n) is 7.21. The number of rotatable bonds is 3. The Labute approximate surface area is 68.0 Å². The lowest BCUT2D eigenvalue weighted by Gasteiger charge is -2.30. The molecule has 0 spiro atoms. The summed E-state index contributed by atoms with van der Waals surface area (Å²) < 4.78 is 0. The molecule has 0 aromatic carbocycles. The number of hydrogen-bond donors (Lipinski definition) is 0. The Hall–Kier alpha value is -0.570. The highest BCUT2D eigenvalue weighted by atomic mass is 16.2. The van der Waals surface area contributed by atoms with Gasteiger partial charge in [-0.2, -0.15) is 0 Å². The first-order chi connectivity index (χ1) is 5.20. The molecule has 0 saturated carbocycles. The van der Waals surface area contributed by atoms with Gasteiger partial charge in [-0.1, -0.05) is 0 Å². The van der Waals surface area contributed by atoms with Crippen molar-refractivity contribution in [1.29, 1.82) is 0 Å². The number of amides is 1. The normalized spacial score (nSPS) is 16.8. The molecule has 63 valence electrons. The first-order valence-corrected chi connectivity index (χ1v) is 3.94. The average Bonchev–Trinajstić information content (AvgIpc) is 1.79. The van der Waals surface area contributed by atoms with Crippen LogP contribution in [0.2, 0.25) is 0 Å². The van der Waals surface area contributed by atoms with Crippen molar-refractivity contribution in [1.82, 2.24) is 9.80 Å². The van der Waals surface area contributed by atoms with E-state index in [1.54, 1.807) is 0 Å². The molecule has 0 N–H and O–H groups in total. The van der Waals surface area contributed by atoms with E-state index in [4.69, 9.17) is 0 Å². The van der Waals surface area contributed by atoms with E-state index in [-0.39, 0.29) is 5.91 Å². The number of carbonyl (C=O) groups excluding carboxylic acids is 1. The van der Waals surface area contributed by atoms with Crippen LogP contribution >= 0.6 is 0 Å². The van der Waals surface area contributed by atoms with Crippen LogP contribution in [0.1, 0.15) is 6.42 Å². The van der Waals surface area contributed by atoms with Crippen molar-refractivity contribution < 1.29 is 4.79 Å². The standard InChI is InChI=1S/C8H15N2O/c1-9(2)7-4-8(11)10-5-3-6-10/h3H,4-7H2,1-2H3. The van der Waals surface area contributed by atoms with Gasteiger partial charge in [0, 0.05) is 32.5 Å². The maximum absolute atomic E-state index is 11.2. The molecule has 3 nitrogen and oxygen atoms in total. The van der Waals surface area contributed by atoms with E-state index in [0.717, 1.165) is 19.6 Å². The van der Waals surface area contributed by atoms with Crippen molar-refractivity contribution in [3.63, 3.8) is 0 Å². The minimum Gasteiger partial charge on any atom is -0.342 e. The van der Waals surface area contributed by atoms with Crippen LogP contribution < -0.4 is 0 Å². The molecule has 1 aliphatic heterocycles. The molecule has 0 aromatic heterocycles. The van der Waals surface area contributed by atoms with Crippen LogP contribution in [0.25, 0.3) is 0 Å². The molecule has 1 saturated heterocycles. The summed E-state index contributed by atoms with van der Waals surface area (Å²) in [6, 6.07) is 0. The molecule has 3 heteroatoms. The van der Waals surface area contributed by atoms with Crippen molar-refractivity contribution >= 4 is 5.91 Å². The van der Waals surface area contributed by atoms with Crippen molar-refractivity contribution in [2.24, 2.45) is 0 Å². The molecule has 11 heavy (non-hydrogen) atoms. The highest BCUT2D eigenvalue weighted by molar-refractivity contribution is 5.77. The van der Waals surface area contributed by atoms with Gasteiger partial charge in [0.25, 0.3) is 0 Å². The van der Waals surface area contributed by atoms with Crippen molar-refractivity contribution in [3.8, 4) is 0 Å². The third-order valence-electron chi connectivity index (χ3n) is 1.82. The summed E-state index contributed by atoms with van der Waals surface area (Å²) in [6.45, 7) is 2.56. The third kappa shape index (κ3) is 2.50. The van der Waals surface area contributed by atoms with E-state index < -0.39 is 0 Å². The SMILES string of the molecule is CN(C)CCC(=O)N1C[CH]C1. The summed E-state index contributed by atoms with van der Waals surface area (Å²) in [4.78, 5) is 15.1. The second-order valence-electron chi connectivity index (χ2n) is 3.14. The topological polar surface area (TPSA) is 23.6 Å². The second kappa shape index (κ2) is 3.72. The van der Waals surface area contributed by atoms with E-state index in [0.29, 0.717) is 6.42 Å². The number of carbonyl (C=O) groups is 1.